The summed E-state index contributed by atoms with van der Waals surface area (Å²) in [5.41, 5.74) is 1.18. The van der Waals surface area contributed by atoms with Gasteiger partial charge in [0, 0.05) is 38.1 Å². The van der Waals surface area contributed by atoms with Crippen LogP contribution in [0.1, 0.15) is 18.4 Å². The molecule has 1 aliphatic rings. The molecule has 0 atom stereocenters. The number of aryl methyl sites for hydroxylation is 1. The van der Waals surface area contributed by atoms with E-state index < -0.39 is 21.5 Å². The molecule has 1 N–H and O–H groups in total. The van der Waals surface area contributed by atoms with Crippen LogP contribution < -0.4 is 10.9 Å². The molecule has 9 nitrogen and oxygen atoms in total. The van der Waals surface area contributed by atoms with Crippen LogP contribution in [0.15, 0.2) is 52.3 Å². The molecule has 0 unspecified atom stereocenters. The summed E-state index contributed by atoms with van der Waals surface area (Å²) in [6, 6.07) is 9.65. The Kier molecular flexibility index (Phi) is 6.91. The number of rotatable bonds is 7. The van der Waals surface area contributed by atoms with E-state index in [0.29, 0.717) is 18.8 Å². The first-order chi connectivity index (χ1) is 14.7. The zero-order valence-electron chi connectivity index (χ0n) is 17.6. The van der Waals surface area contributed by atoms with Gasteiger partial charge in [-0.1, -0.05) is 17.7 Å². The number of benzene rings is 1. The van der Waals surface area contributed by atoms with Gasteiger partial charge in [-0.05, 0) is 38.0 Å². The Balaban J connectivity index is 1.65. The lowest BCUT2D eigenvalue weighted by atomic mass is 10.2. The molecule has 31 heavy (non-hydrogen) atoms. The zero-order chi connectivity index (χ0) is 22.6. The number of amides is 2. The van der Waals surface area contributed by atoms with E-state index in [1.54, 1.807) is 12.1 Å². The van der Waals surface area contributed by atoms with Crippen molar-refractivity contribution in [2.45, 2.75) is 31.2 Å². The van der Waals surface area contributed by atoms with E-state index in [-0.39, 0.29) is 23.9 Å². The van der Waals surface area contributed by atoms with Crippen LogP contribution in [0.2, 0.25) is 0 Å². The summed E-state index contributed by atoms with van der Waals surface area (Å²) in [6.07, 6.45) is 2.79. The van der Waals surface area contributed by atoms with Crippen LogP contribution >= 0.6 is 0 Å². The Morgan fingerprint density at radius 3 is 2.35 bits per heavy atom. The molecule has 2 amide bonds. The molecule has 1 fully saturated rings. The summed E-state index contributed by atoms with van der Waals surface area (Å²) >= 11 is 0. The van der Waals surface area contributed by atoms with Crippen LogP contribution in [0, 0.1) is 6.92 Å². The average Bonchev–Trinajstić information content (AvgIpc) is 3.27. The van der Waals surface area contributed by atoms with Crippen LogP contribution in [0.25, 0.3) is 0 Å². The van der Waals surface area contributed by atoms with Crippen molar-refractivity contribution in [1.82, 2.24) is 13.8 Å². The van der Waals surface area contributed by atoms with Crippen LogP contribution in [0.5, 0.6) is 0 Å². The quantitative estimate of drug-likeness (QED) is 0.684. The summed E-state index contributed by atoms with van der Waals surface area (Å²) in [6.45, 7) is 2.26. The number of nitrogens with zero attached hydrogens (tertiary/aromatic N) is 3. The Morgan fingerprint density at radius 2 is 1.71 bits per heavy atom. The molecule has 1 aliphatic heterocycles. The van der Waals surface area contributed by atoms with E-state index >= 15 is 0 Å². The molecule has 1 aromatic heterocycles. The number of hydrogen-bond acceptors (Lipinski definition) is 5. The van der Waals surface area contributed by atoms with E-state index in [2.05, 4.69) is 5.32 Å². The van der Waals surface area contributed by atoms with Gasteiger partial charge in [0.1, 0.15) is 6.54 Å². The van der Waals surface area contributed by atoms with Crippen LogP contribution in [-0.4, -0.2) is 60.7 Å². The van der Waals surface area contributed by atoms with Crippen molar-refractivity contribution in [3.05, 3.63) is 58.5 Å². The van der Waals surface area contributed by atoms with Crippen LogP contribution in [0.3, 0.4) is 0 Å². The normalized spacial score (nSPS) is 14.4. The third-order valence-electron chi connectivity index (χ3n) is 5.11. The first kappa shape index (κ1) is 22.7. The minimum absolute atomic E-state index is 0.0263. The average molecular weight is 447 g/mol. The van der Waals surface area contributed by atoms with Crippen molar-refractivity contribution >= 4 is 27.5 Å². The molecule has 2 heterocycles. The standard InChI is InChI=1S/C21H26N4O5S/c1-16-5-7-17(8-6-16)22-19(26)14-23(2)21(28)15-24-13-18(9-10-20(24)27)31(29,30)25-11-3-4-12-25/h5-10,13H,3-4,11-12,14-15H2,1-2H3,(H,22,26). The molecule has 0 spiro atoms. The first-order valence-electron chi connectivity index (χ1n) is 9.98. The highest BCUT2D eigenvalue weighted by Crippen LogP contribution is 2.19. The predicted octanol–water partition coefficient (Wildman–Crippen LogP) is 1.04. The zero-order valence-corrected chi connectivity index (χ0v) is 18.4. The molecule has 0 bridgehead atoms. The largest absolute Gasteiger partial charge is 0.335 e. The Labute approximate surface area is 181 Å². The molecule has 10 heteroatoms. The molecule has 2 aromatic rings. The molecule has 1 aromatic carbocycles. The molecule has 1 saturated heterocycles. The Bertz CT molecular complexity index is 1120. The Hall–Kier alpha value is -2.98. The van der Waals surface area contributed by atoms with Crippen LogP contribution in [0.4, 0.5) is 5.69 Å². The smallest absolute Gasteiger partial charge is 0.251 e. The fourth-order valence-electron chi connectivity index (χ4n) is 3.27. The molecular formula is C21H26N4O5S. The lowest BCUT2D eigenvalue weighted by Gasteiger charge is -2.19. The van der Waals surface area contributed by atoms with Crippen LogP contribution in [-0.2, 0) is 26.2 Å². The number of nitrogens with one attached hydrogen (secondary N) is 1. The van der Waals surface area contributed by atoms with Crippen molar-refractivity contribution in [2.75, 3.05) is 32.0 Å². The molecule has 0 saturated carbocycles. The van der Waals surface area contributed by atoms with E-state index in [4.69, 9.17) is 0 Å². The summed E-state index contributed by atoms with van der Waals surface area (Å²) in [7, 11) is -2.25. The highest BCUT2D eigenvalue weighted by atomic mass is 32.2. The van der Waals surface area contributed by atoms with Crippen molar-refractivity contribution in [3.8, 4) is 0 Å². The van der Waals surface area contributed by atoms with Gasteiger partial charge < -0.3 is 14.8 Å². The van der Waals surface area contributed by atoms with E-state index in [1.807, 2.05) is 19.1 Å². The SMILES string of the molecule is Cc1ccc(NC(=O)CN(C)C(=O)Cn2cc(S(=O)(=O)N3CCCC3)ccc2=O)cc1. The monoisotopic (exact) mass is 446 g/mol. The number of sulfonamides is 1. The number of carbonyl (C=O) groups is 2. The lowest BCUT2D eigenvalue weighted by Crippen LogP contribution is -2.38. The second-order valence-electron chi connectivity index (χ2n) is 7.61. The highest BCUT2D eigenvalue weighted by molar-refractivity contribution is 7.89. The Morgan fingerprint density at radius 1 is 1.06 bits per heavy atom. The second kappa shape index (κ2) is 9.44. The van der Waals surface area contributed by atoms with Gasteiger partial charge >= 0.3 is 0 Å². The maximum atomic E-state index is 12.7. The fraction of sp³-hybridized carbons (Fsp3) is 0.381. The summed E-state index contributed by atoms with van der Waals surface area (Å²) in [5, 5.41) is 2.70. The van der Waals surface area contributed by atoms with E-state index in [9.17, 15) is 22.8 Å². The third kappa shape index (κ3) is 5.59. The third-order valence-corrected chi connectivity index (χ3v) is 6.99. The maximum absolute atomic E-state index is 12.7. The number of carbonyl (C=O) groups excluding carboxylic acids is 2. The number of likely N-dealkylation sites (N-methyl/N-ethyl adjacent to an activating group) is 1. The van der Waals surface area contributed by atoms with E-state index in [0.717, 1.165) is 29.0 Å². The van der Waals surface area contributed by atoms with E-state index in [1.165, 1.54) is 28.5 Å². The van der Waals surface area contributed by atoms with Crippen molar-refractivity contribution in [2.24, 2.45) is 0 Å². The summed E-state index contributed by atoms with van der Waals surface area (Å²) < 4.78 is 27.9. The van der Waals surface area contributed by atoms with Gasteiger partial charge in [-0.2, -0.15) is 4.31 Å². The van der Waals surface area contributed by atoms with Gasteiger partial charge in [-0.15, -0.1) is 0 Å². The van der Waals surface area contributed by atoms with Gasteiger partial charge in [0.2, 0.25) is 21.8 Å². The number of pyridine rings is 1. The van der Waals surface area contributed by atoms with Gasteiger partial charge in [0.05, 0.1) is 11.4 Å². The maximum Gasteiger partial charge on any atom is 0.251 e. The minimum Gasteiger partial charge on any atom is -0.335 e. The highest BCUT2D eigenvalue weighted by Gasteiger charge is 2.28. The molecular weight excluding hydrogens is 420 g/mol. The first-order valence-corrected chi connectivity index (χ1v) is 11.4. The second-order valence-corrected chi connectivity index (χ2v) is 9.54. The molecule has 0 aliphatic carbocycles. The minimum atomic E-state index is -3.71. The lowest BCUT2D eigenvalue weighted by molar-refractivity contribution is -0.133. The topological polar surface area (TPSA) is 109 Å². The predicted molar refractivity (Wildman–Crippen MR) is 116 cm³/mol. The fourth-order valence-corrected chi connectivity index (χ4v) is 4.81. The van der Waals surface area contributed by atoms with Gasteiger partial charge in [-0.3, -0.25) is 14.4 Å². The van der Waals surface area contributed by atoms with Crippen molar-refractivity contribution in [3.63, 3.8) is 0 Å². The van der Waals surface area contributed by atoms with Gasteiger partial charge in [-0.25, -0.2) is 8.42 Å². The number of aromatic nitrogens is 1. The number of anilines is 1. The van der Waals surface area contributed by atoms with Crippen molar-refractivity contribution < 1.29 is 18.0 Å². The summed E-state index contributed by atoms with van der Waals surface area (Å²) in [5.74, 6) is -0.866. The van der Waals surface area contributed by atoms with Crippen molar-refractivity contribution in [1.29, 1.82) is 0 Å². The number of hydrogen-bond donors (Lipinski definition) is 1. The molecule has 166 valence electrons. The summed E-state index contributed by atoms with van der Waals surface area (Å²) in [4.78, 5) is 38.1. The van der Waals surface area contributed by atoms with Gasteiger partial charge in [0.25, 0.3) is 5.56 Å². The van der Waals surface area contributed by atoms with Gasteiger partial charge in [0.15, 0.2) is 0 Å². The molecule has 0 radical (unpaired) electrons. The molecule has 3 rings (SSSR count).